The van der Waals surface area contributed by atoms with Gasteiger partial charge in [0.1, 0.15) is 7.38 Å². The standard InChI is InChI=1S/C8H21NOSi2.C6H12N2Si.C3H9ClSi/c1-8(9-11(2,3)4)10-12(5,6)7;1-9(2,3)8-5-4-7-6-8;1-5(2,3)4/h1-7H3;4-6H,1-3H3;1-3H3. The van der Waals surface area contributed by atoms with Gasteiger partial charge in [-0.3, -0.25) is 4.66 Å². The fraction of sp³-hybridized carbons (Fsp3) is 0.765. The molecule has 0 saturated heterocycles. The first kappa shape index (κ1) is 28.1. The van der Waals surface area contributed by atoms with E-state index in [-0.39, 0.29) is 0 Å². The van der Waals surface area contributed by atoms with Crippen molar-refractivity contribution in [1.29, 1.82) is 0 Å². The molecule has 0 fully saturated rings. The van der Waals surface area contributed by atoms with Crippen molar-refractivity contribution in [3.05, 3.63) is 18.7 Å². The van der Waals surface area contributed by atoms with Crippen LogP contribution in [0.2, 0.25) is 78.6 Å². The first-order valence-electron chi connectivity index (χ1n) is 9.13. The van der Waals surface area contributed by atoms with Gasteiger partial charge < -0.3 is 8.66 Å². The molecular weight excluding hydrogens is 410 g/mol. The van der Waals surface area contributed by atoms with Crippen molar-refractivity contribution in [3.63, 3.8) is 0 Å². The molecule has 0 N–H and O–H groups in total. The molecule has 0 radical (unpaired) electrons. The molecule has 4 nitrogen and oxygen atoms in total. The largest absolute Gasteiger partial charge is 0.535 e. The monoisotopic (exact) mass is 451 g/mol. The Morgan fingerprint density at radius 3 is 1.54 bits per heavy atom. The minimum absolute atomic E-state index is 0.883. The number of hydrogen-bond donors (Lipinski definition) is 0. The summed E-state index contributed by atoms with van der Waals surface area (Å²) in [5, 5.41) is 0. The molecule has 0 saturated carbocycles. The lowest BCUT2D eigenvalue weighted by atomic mass is 10.8. The van der Waals surface area contributed by atoms with Gasteiger partial charge >= 0.3 is 0 Å². The SMILES string of the molecule is CC(=N[Si](C)(C)C)O[Si](C)(C)C.C[Si](C)(C)Cl.C[Si](C)(C)n1ccnc1. The molecule has 0 atom stereocenters. The fourth-order valence-electron chi connectivity index (χ4n) is 1.59. The highest BCUT2D eigenvalue weighted by molar-refractivity contribution is 7.18. The van der Waals surface area contributed by atoms with E-state index >= 15 is 0 Å². The Balaban J connectivity index is 0. The van der Waals surface area contributed by atoms with Crippen molar-refractivity contribution in [2.24, 2.45) is 4.66 Å². The molecule has 0 aliphatic heterocycles. The minimum atomic E-state index is -1.43. The van der Waals surface area contributed by atoms with Crippen LogP contribution in [0.1, 0.15) is 6.92 Å². The number of rotatable bonds is 3. The predicted molar refractivity (Wildman–Crippen MR) is 131 cm³/mol. The van der Waals surface area contributed by atoms with Gasteiger partial charge in [0.05, 0.1) is 6.33 Å². The third-order valence-electron chi connectivity index (χ3n) is 2.23. The van der Waals surface area contributed by atoms with Gasteiger partial charge in [0, 0.05) is 19.3 Å². The lowest BCUT2D eigenvalue weighted by Gasteiger charge is -2.21. The number of halogens is 1. The van der Waals surface area contributed by atoms with Gasteiger partial charge in [0.2, 0.25) is 8.32 Å². The van der Waals surface area contributed by atoms with E-state index < -0.39 is 32.2 Å². The van der Waals surface area contributed by atoms with Crippen LogP contribution in [0.15, 0.2) is 23.4 Å². The van der Waals surface area contributed by atoms with Gasteiger partial charge in [-0.05, 0) is 39.3 Å². The molecule has 1 rings (SSSR count). The smallest absolute Gasteiger partial charge is 0.243 e. The molecule has 0 spiro atoms. The Morgan fingerprint density at radius 2 is 1.35 bits per heavy atom. The molecule has 0 bridgehead atoms. The summed E-state index contributed by atoms with van der Waals surface area (Å²) in [5.74, 6) is 0.883. The highest BCUT2D eigenvalue weighted by Gasteiger charge is 2.18. The van der Waals surface area contributed by atoms with Crippen LogP contribution in [-0.2, 0) is 4.43 Å². The second-order valence-electron chi connectivity index (χ2n) is 10.2. The summed E-state index contributed by atoms with van der Waals surface area (Å²) in [6.45, 7) is 28.3. The second kappa shape index (κ2) is 11.0. The molecule has 1 heterocycles. The normalized spacial score (nSPS) is 13.2. The molecule has 1 aromatic heterocycles. The number of nitrogens with zero attached hydrogens (tertiary/aromatic N) is 3. The Kier molecular flexibility index (Phi) is 11.9. The third-order valence-corrected chi connectivity index (χ3v) is 5.93. The van der Waals surface area contributed by atoms with Gasteiger partial charge in [-0.25, -0.2) is 4.98 Å². The van der Waals surface area contributed by atoms with Gasteiger partial charge in [-0.15, -0.1) is 0 Å². The Morgan fingerprint density at radius 1 is 0.923 bits per heavy atom. The van der Waals surface area contributed by atoms with E-state index in [2.05, 4.69) is 92.4 Å². The predicted octanol–water partition coefficient (Wildman–Crippen LogP) is 6.72. The zero-order valence-electron chi connectivity index (χ0n) is 19.4. The maximum absolute atomic E-state index is 5.74. The maximum Gasteiger partial charge on any atom is 0.243 e. The van der Waals surface area contributed by atoms with E-state index in [4.69, 9.17) is 15.5 Å². The van der Waals surface area contributed by atoms with E-state index in [1.165, 1.54) is 0 Å². The quantitative estimate of drug-likeness (QED) is 0.221. The van der Waals surface area contributed by atoms with Crippen molar-refractivity contribution >= 4 is 49.1 Å². The summed E-state index contributed by atoms with van der Waals surface area (Å²) in [5.41, 5.74) is 0. The average Bonchev–Trinajstić information content (AvgIpc) is 2.72. The summed E-state index contributed by atoms with van der Waals surface area (Å²) >= 11 is 5.67. The van der Waals surface area contributed by atoms with E-state index in [0.29, 0.717) is 0 Å². The van der Waals surface area contributed by atoms with E-state index in [9.17, 15) is 0 Å². The van der Waals surface area contributed by atoms with Gasteiger partial charge in [-0.2, -0.15) is 11.1 Å². The Hall–Kier alpha value is -0.162. The Labute approximate surface area is 171 Å². The number of hydrogen-bond acceptors (Lipinski definition) is 3. The third kappa shape index (κ3) is 23.8. The Bertz CT molecular complexity index is 516. The molecule has 0 aliphatic rings. The van der Waals surface area contributed by atoms with Crippen LogP contribution >= 0.6 is 11.1 Å². The van der Waals surface area contributed by atoms with Crippen molar-refractivity contribution in [3.8, 4) is 0 Å². The topological polar surface area (TPSA) is 39.4 Å². The molecule has 154 valence electrons. The van der Waals surface area contributed by atoms with E-state index in [1.54, 1.807) is 0 Å². The van der Waals surface area contributed by atoms with E-state index in [1.807, 2.05) is 25.6 Å². The molecule has 0 aromatic carbocycles. The van der Waals surface area contributed by atoms with Crippen LogP contribution in [-0.4, -0.2) is 47.3 Å². The summed E-state index contributed by atoms with van der Waals surface area (Å²) in [7, 11) is -5.03. The summed E-state index contributed by atoms with van der Waals surface area (Å²) < 4.78 is 12.5. The molecule has 9 heteroatoms. The van der Waals surface area contributed by atoms with Crippen molar-refractivity contribution < 1.29 is 4.43 Å². The number of aromatic nitrogens is 2. The lowest BCUT2D eigenvalue weighted by Crippen LogP contribution is -2.30. The van der Waals surface area contributed by atoms with Crippen LogP contribution < -0.4 is 0 Å². The molecule has 0 aliphatic carbocycles. The summed E-state index contributed by atoms with van der Waals surface area (Å²) in [6, 6.07) is 0. The van der Waals surface area contributed by atoms with E-state index in [0.717, 1.165) is 5.90 Å². The van der Waals surface area contributed by atoms with Crippen LogP contribution in [0.5, 0.6) is 0 Å². The first-order chi connectivity index (χ1) is 11.2. The molecule has 0 amide bonds. The second-order valence-corrected chi connectivity index (χ2v) is 31.6. The number of imidazole rings is 1. The minimum Gasteiger partial charge on any atom is -0.535 e. The summed E-state index contributed by atoms with van der Waals surface area (Å²) in [4.78, 5) is 3.99. The zero-order valence-corrected chi connectivity index (χ0v) is 24.1. The van der Waals surface area contributed by atoms with Crippen LogP contribution in [0.4, 0.5) is 0 Å². The van der Waals surface area contributed by atoms with Crippen LogP contribution in [0.3, 0.4) is 0 Å². The van der Waals surface area contributed by atoms with Crippen molar-refractivity contribution in [1.82, 2.24) is 9.22 Å². The lowest BCUT2D eigenvalue weighted by molar-refractivity contribution is 0.549. The fourth-order valence-corrected chi connectivity index (χ4v) is 4.53. The summed E-state index contributed by atoms with van der Waals surface area (Å²) in [6.07, 6.45) is 5.76. The molecule has 0 unspecified atom stereocenters. The van der Waals surface area contributed by atoms with Gasteiger partial charge in [0.15, 0.2) is 22.4 Å². The van der Waals surface area contributed by atoms with Gasteiger partial charge in [0.25, 0.3) is 0 Å². The van der Waals surface area contributed by atoms with Crippen molar-refractivity contribution in [2.75, 3.05) is 0 Å². The van der Waals surface area contributed by atoms with Crippen LogP contribution in [0.25, 0.3) is 0 Å². The molecule has 1 aromatic rings. The average molecular weight is 452 g/mol. The highest BCUT2D eigenvalue weighted by Crippen LogP contribution is 2.08. The zero-order chi connectivity index (χ0) is 21.4. The molecule has 26 heavy (non-hydrogen) atoms. The van der Waals surface area contributed by atoms with Crippen molar-refractivity contribution in [2.45, 2.75) is 85.5 Å². The first-order valence-corrected chi connectivity index (χ1v) is 23.9. The van der Waals surface area contributed by atoms with Crippen LogP contribution in [0, 0.1) is 0 Å². The van der Waals surface area contributed by atoms with Gasteiger partial charge in [-0.1, -0.05) is 39.3 Å². The molecular formula is C17H42ClN3OSi4. The highest BCUT2D eigenvalue weighted by atomic mass is 35.6. The maximum atomic E-state index is 5.74.